The van der Waals surface area contributed by atoms with Gasteiger partial charge in [0.15, 0.2) is 0 Å². The number of aromatic nitrogens is 2. The minimum atomic E-state index is -0.289. The molecule has 1 N–H and O–H groups in total. The SMILES string of the molecule is O=C(Cc1cccc(F)c1)N1CCCC2(CCc3cn[nH]c32)C1. The fourth-order valence-corrected chi connectivity index (χ4v) is 4.14. The molecule has 5 heteroatoms. The number of nitrogens with zero attached hydrogens (tertiary/aromatic N) is 2. The summed E-state index contributed by atoms with van der Waals surface area (Å²) in [5.74, 6) is -0.203. The molecule has 120 valence electrons. The number of benzene rings is 1. The van der Waals surface area contributed by atoms with E-state index in [1.165, 1.54) is 23.4 Å². The molecule has 1 aliphatic heterocycles. The van der Waals surface area contributed by atoms with Crippen LogP contribution in [0.4, 0.5) is 4.39 Å². The number of aryl methyl sites for hydroxylation is 1. The molecule has 2 heterocycles. The van der Waals surface area contributed by atoms with Gasteiger partial charge in [0.05, 0.1) is 12.6 Å². The van der Waals surface area contributed by atoms with Crippen LogP contribution >= 0.6 is 0 Å². The number of aromatic amines is 1. The van der Waals surface area contributed by atoms with E-state index in [1.807, 2.05) is 17.2 Å². The van der Waals surface area contributed by atoms with Gasteiger partial charge in [0.1, 0.15) is 5.82 Å². The van der Waals surface area contributed by atoms with Crippen LogP contribution in [0.3, 0.4) is 0 Å². The van der Waals surface area contributed by atoms with E-state index in [-0.39, 0.29) is 23.6 Å². The Kier molecular flexibility index (Phi) is 3.43. The number of amides is 1. The molecule has 2 aliphatic rings. The van der Waals surface area contributed by atoms with Crippen molar-refractivity contribution in [2.24, 2.45) is 0 Å². The van der Waals surface area contributed by atoms with Crippen molar-refractivity contribution in [3.63, 3.8) is 0 Å². The number of nitrogens with one attached hydrogen (secondary N) is 1. The molecule has 1 spiro atoms. The van der Waals surface area contributed by atoms with Crippen molar-refractivity contribution in [2.45, 2.75) is 37.5 Å². The van der Waals surface area contributed by atoms with Gasteiger partial charge in [-0.15, -0.1) is 0 Å². The van der Waals surface area contributed by atoms with Gasteiger partial charge in [-0.1, -0.05) is 12.1 Å². The molecule has 1 unspecified atom stereocenters. The van der Waals surface area contributed by atoms with Crippen LogP contribution in [0.25, 0.3) is 0 Å². The molecule has 2 aromatic rings. The van der Waals surface area contributed by atoms with Crippen molar-refractivity contribution in [3.8, 4) is 0 Å². The van der Waals surface area contributed by atoms with Crippen LogP contribution in [0, 0.1) is 5.82 Å². The van der Waals surface area contributed by atoms with E-state index in [4.69, 9.17) is 0 Å². The van der Waals surface area contributed by atoms with Crippen LogP contribution in [-0.4, -0.2) is 34.1 Å². The molecular formula is C18H20FN3O. The molecule has 0 saturated carbocycles. The molecule has 1 saturated heterocycles. The normalized spacial score (nSPS) is 23.3. The van der Waals surface area contributed by atoms with Crippen molar-refractivity contribution < 1.29 is 9.18 Å². The Labute approximate surface area is 134 Å². The first-order valence-corrected chi connectivity index (χ1v) is 8.21. The van der Waals surface area contributed by atoms with Gasteiger partial charge in [0.25, 0.3) is 0 Å². The van der Waals surface area contributed by atoms with E-state index in [2.05, 4.69) is 10.2 Å². The number of hydrogen-bond acceptors (Lipinski definition) is 2. The summed E-state index contributed by atoms with van der Waals surface area (Å²) < 4.78 is 13.3. The van der Waals surface area contributed by atoms with Crippen LogP contribution in [0.1, 0.15) is 36.1 Å². The number of carbonyl (C=O) groups excluding carboxylic acids is 1. The van der Waals surface area contributed by atoms with Gasteiger partial charge in [0, 0.05) is 24.2 Å². The highest BCUT2D eigenvalue weighted by Gasteiger charge is 2.44. The third-order valence-electron chi connectivity index (χ3n) is 5.30. The number of hydrogen-bond donors (Lipinski definition) is 1. The summed E-state index contributed by atoms with van der Waals surface area (Å²) >= 11 is 0. The molecule has 0 radical (unpaired) electrons. The molecule has 4 nitrogen and oxygen atoms in total. The molecular weight excluding hydrogens is 293 g/mol. The molecule has 1 aliphatic carbocycles. The van der Waals surface area contributed by atoms with Crippen LogP contribution in [0.2, 0.25) is 0 Å². The second-order valence-electron chi connectivity index (χ2n) is 6.78. The quantitative estimate of drug-likeness (QED) is 0.926. The van der Waals surface area contributed by atoms with Crippen molar-refractivity contribution in [1.29, 1.82) is 0 Å². The van der Waals surface area contributed by atoms with Gasteiger partial charge in [-0.25, -0.2) is 4.39 Å². The number of carbonyl (C=O) groups is 1. The van der Waals surface area contributed by atoms with Gasteiger partial charge >= 0.3 is 0 Å². The molecule has 4 rings (SSSR count). The topological polar surface area (TPSA) is 49.0 Å². The molecule has 0 bridgehead atoms. The summed E-state index contributed by atoms with van der Waals surface area (Å²) in [6, 6.07) is 6.31. The number of halogens is 1. The van der Waals surface area contributed by atoms with Crippen LogP contribution in [0.5, 0.6) is 0 Å². The number of H-pyrrole nitrogens is 1. The number of piperidine rings is 1. The summed E-state index contributed by atoms with van der Waals surface area (Å²) in [5.41, 5.74) is 3.30. The first-order chi connectivity index (χ1) is 11.2. The van der Waals surface area contributed by atoms with Gasteiger partial charge in [-0.3, -0.25) is 9.89 Å². The van der Waals surface area contributed by atoms with Crippen molar-refractivity contribution in [2.75, 3.05) is 13.1 Å². The van der Waals surface area contributed by atoms with Crippen LogP contribution in [-0.2, 0) is 23.1 Å². The Balaban J connectivity index is 1.51. The van der Waals surface area contributed by atoms with Crippen LogP contribution in [0.15, 0.2) is 30.5 Å². The highest BCUT2D eigenvalue weighted by atomic mass is 19.1. The Morgan fingerprint density at radius 2 is 2.30 bits per heavy atom. The van der Waals surface area contributed by atoms with E-state index in [0.717, 1.165) is 44.3 Å². The monoisotopic (exact) mass is 313 g/mol. The zero-order valence-corrected chi connectivity index (χ0v) is 13.0. The second-order valence-corrected chi connectivity index (χ2v) is 6.78. The Bertz CT molecular complexity index is 741. The van der Waals surface area contributed by atoms with Gasteiger partial charge in [-0.05, 0) is 48.9 Å². The summed E-state index contributed by atoms with van der Waals surface area (Å²) in [7, 11) is 0. The smallest absolute Gasteiger partial charge is 0.227 e. The van der Waals surface area contributed by atoms with Crippen molar-refractivity contribution in [3.05, 3.63) is 53.1 Å². The first-order valence-electron chi connectivity index (χ1n) is 8.21. The second kappa shape index (κ2) is 5.48. The van der Waals surface area contributed by atoms with Gasteiger partial charge < -0.3 is 4.90 Å². The average molecular weight is 313 g/mol. The average Bonchev–Trinajstić information content (AvgIpc) is 3.13. The van der Waals surface area contributed by atoms with E-state index >= 15 is 0 Å². The lowest BCUT2D eigenvalue weighted by atomic mass is 9.77. The van der Waals surface area contributed by atoms with Crippen LogP contribution < -0.4 is 0 Å². The fourth-order valence-electron chi connectivity index (χ4n) is 4.14. The van der Waals surface area contributed by atoms with E-state index in [1.54, 1.807) is 6.07 Å². The van der Waals surface area contributed by atoms with Crippen molar-refractivity contribution in [1.82, 2.24) is 15.1 Å². The van der Waals surface area contributed by atoms with Gasteiger partial charge in [-0.2, -0.15) is 5.10 Å². The summed E-state index contributed by atoms with van der Waals surface area (Å²) in [6.07, 6.45) is 6.42. The Morgan fingerprint density at radius 1 is 1.39 bits per heavy atom. The molecule has 1 fully saturated rings. The lowest BCUT2D eigenvalue weighted by Crippen LogP contribution is -2.48. The largest absolute Gasteiger partial charge is 0.341 e. The summed E-state index contributed by atoms with van der Waals surface area (Å²) in [6.45, 7) is 1.54. The lowest BCUT2D eigenvalue weighted by Gasteiger charge is -2.40. The zero-order valence-electron chi connectivity index (χ0n) is 13.0. The van der Waals surface area contributed by atoms with Gasteiger partial charge in [0.2, 0.25) is 5.91 Å². The third-order valence-corrected chi connectivity index (χ3v) is 5.30. The first kappa shape index (κ1) is 14.4. The van der Waals surface area contributed by atoms with Crippen molar-refractivity contribution >= 4 is 5.91 Å². The minimum Gasteiger partial charge on any atom is -0.341 e. The molecule has 1 atom stereocenters. The molecule has 1 aromatic heterocycles. The van der Waals surface area contributed by atoms with E-state index < -0.39 is 0 Å². The minimum absolute atomic E-state index is 0.0433. The number of rotatable bonds is 2. The standard InChI is InChI=1S/C18H20FN3O/c19-15-4-1-3-13(9-15)10-16(23)22-8-2-6-18(12-22)7-5-14-11-20-21-17(14)18/h1,3-4,9,11H,2,5-8,10,12H2,(H,20,21). The zero-order chi connectivity index (χ0) is 15.9. The van der Waals surface area contributed by atoms with E-state index in [0.29, 0.717) is 0 Å². The summed E-state index contributed by atoms with van der Waals surface area (Å²) in [4.78, 5) is 14.6. The number of fused-ring (bicyclic) bond motifs is 2. The lowest BCUT2D eigenvalue weighted by molar-refractivity contribution is -0.132. The summed E-state index contributed by atoms with van der Waals surface area (Å²) in [5, 5.41) is 7.33. The molecule has 1 aromatic carbocycles. The third kappa shape index (κ3) is 2.54. The predicted molar refractivity (Wildman–Crippen MR) is 84.5 cm³/mol. The Hall–Kier alpha value is -2.17. The molecule has 1 amide bonds. The highest BCUT2D eigenvalue weighted by Crippen LogP contribution is 2.43. The Morgan fingerprint density at radius 3 is 3.17 bits per heavy atom. The fraction of sp³-hybridized carbons (Fsp3) is 0.444. The maximum Gasteiger partial charge on any atom is 0.227 e. The number of likely N-dealkylation sites (tertiary alicyclic amines) is 1. The maximum atomic E-state index is 13.3. The van der Waals surface area contributed by atoms with E-state index in [9.17, 15) is 9.18 Å². The maximum absolute atomic E-state index is 13.3. The molecule has 23 heavy (non-hydrogen) atoms. The predicted octanol–water partition coefficient (Wildman–Crippen LogP) is 2.60. The highest BCUT2D eigenvalue weighted by molar-refractivity contribution is 5.79.